The Hall–Kier alpha value is -1.37. The van der Waals surface area contributed by atoms with Crippen LogP contribution in [-0.2, 0) is 6.18 Å². The van der Waals surface area contributed by atoms with E-state index in [0.717, 1.165) is 18.3 Å². The molecule has 3 heterocycles. The van der Waals surface area contributed by atoms with Crippen LogP contribution in [0.25, 0.3) is 0 Å². The van der Waals surface area contributed by atoms with Crippen LogP contribution >= 0.6 is 0 Å². The Morgan fingerprint density at radius 2 is 2.17 bits per heavy atom. The molecule has 18 heavy (non-hydrogen) atoms. The van der Waals surface area contributed by atoms with Crippen molar-refractivity contribution >= 4 is 5.82 Å². The van der Waals surface area contributed by atoms with Gasteiger partial charge in [-0.3, -0.25) is 0 Å². The number of halogens is 4. The highest BCUT2D eigenvalue weighted by Crippen LogP contribution is 2.34. The maximum absolute atomic E-state index is 13.7. The molecule has 0 saturated carbocycles. The molecular weight excluding hydrogens is 250 g/mol. The molecule has 98 valence electrons. The molecular formula is C11H11F4N3. The highest BCUT2D eigenvalue weighted by molar-refractivity contribution is 5.47. The van der Waals surface area contributed by atoms with Crippen molar-refractivity contribution in [1.82, 2.24) is 10.3 Å². The fourth-order valence-electron chi connectivity index (χ4n) is 2.58. The van der Waals surface area contributed by atoms with Crippen LogP contribution in [0.5, 0.6) is 0 Å². The number of pyridine rings is 1. The third kappa shape index (κ3) is 1.73. The second-order valence-corrected chi connectivity index (χ2v) is 4.58. The van der Waals surface area contributed by atoms with Gasteiger partial charge in [-0.1, -0.05) is 0 Å². The smallest absolute Gasteiger partial charge is 0.348 e. The SMILES string of the molecule is F[C@H]1[C@H]2CN[C@@H]1CN2c1cc(C(F)(F)F)ccn1. The van der Waals surface area contributed by atoms with Crippen LogP contribution in [-0.4, -0.2) is 36.3 Å². The van der Waals surface area contributed by atoms with Crippen molar-refractivity contribution in [3.8, 4) is 0 Å². The number of piperazine rings is 1. The number of anilines is 1. The topological polar surface area (TPSA) is 28.2 Å². The average Bonchev–Trinajstić information content (AvgIpc) is 2.84. The van der Waals surface area contributed by atoms with Crippen LogP contribution in [0.4, 0.5) is 23.4 Å². The minimum atomic E-state index is -4.40. The van der Waals surface area contributed by atoms with Crippen molar-refractivity contribution in [2.75, 3.05) is 18.0 Å². The number of fused-ring (bicyclic) bond motifs is 2. The normalized spacial score (nSPS) is 31.1. The van der Waals surface area contributed by atoms with Gasteiger partial charge in [0.2, 0.25) is 0 Å². The van der Waals surface area contributed by atoms with E-state index in [9.17, 15) is 17.6 Å². The zero-order valence-electron chi connectivity index (χ0n) is 9.28. The van der Waals surface area contributed by atoms with Crippen molar-refractivity contribution in [1.29, 1.82) is 0 Å². The van der Waals surface area contributed by atoms with Crippen molar-refractivity contribution in [2.45, 2.75) is 24.4 Å². The van der Waals surface area contributed by atoms with Gasteiger partial charge in [-0.2, -0.15) is 13.2 Å². The van der Waals surface area contributed by atoms with Crippen molar-refractivity contribution in [3.63, 3.8) is 0 Å². The van der Waals surface area contributed by atoms with Crippen LogP contribution in [0.2, 0.25) is 0 Å². The Morgan fingerprint density at radius 1 is 1.39 bits per heavy atom. The van der Waals surface area contributed by atoms with E-state index < -0.39 is 24.0 Å². The van der Waals surface area contributed by atoms with E-state index in [4.69, 9.17) is 0 Å². The zero-order valence-corrected chi connectivity index (χ0v) is 9.28. The summed E-state index contributed by atoms with van der Waals surface area (Å²) in [4.78, 5) is 5.53. The summed E-state index contributed by atoms with van der Waals surface area (Å²) in [6.45, 7) is 0.809. The molecule has 7 heteroatoms. The lowest BCUT2D eigenvalue weighted by molar-refractivity contribution is -0.137. The number of aromatic nitrogens is 1. The van der Waals surface area contributed by atoms with Gasteiger partial charge in [0, 0.05) is 19.3 Å². The predicted octanol–water partition coefficient (Wildman–Crippen LogP) is 1.60. The first kappa shape index (κ1) is 11.7. The minimum Gasteiger partial charge on any atom is -0.348 e. The van der Waals surface area contributed by atoms with E-state index in [-0.39, 0.29) is 11.9 Å². The number of alkyl halides is 4. The van der Waals surface area contributed by atoms with Crippen LogP contribution in [0.15, 0.2) is 18.3 Å². The molecule has 3 nitrogen and oxygen atoms in total. The van der Waals surface area contributed by atoms with Gasteiger partial charge in [-0.15, -0.1) is 0 Å². The van der Waals surface area contributed by atoms with E-state index >= 15 is 0 Å². The van der Waals surface area contributed by atoms with E-state index in [1.165, 1.54) is 0 Å². The number of hydrogen-bond donors (Lipinski definition) is 1. The summed E-state index contributed by atoms with van der Waals surface area (Å²) < 4.78 is 51.4. The van der Waals surface area contributed by atoms with Crippen molar-refractivity contribution in [2.24, 2.45) is 0 Å². The van der Waals surface area contributed by atoms with Gasteiger partial charge >= 0.3 is 6.18 Å². The molecule has 1 aromatic heterocycles. The molecule has 3 atom stereocenters. The van der Waals surface area contributed by atoms with Gasteiger partial charge in [-0.25, -0.2) is 9.37 Å². The summed E-state index contributed by atoms with van der Waals surface area (Å²) in [6.07, 6.45) is -4.32. The summed E-state index contributed by atoms with van der Waals surface area (Å²) in [7, 11) is 0. The quantitative estimate of drug-likeness (QED) is 0.778. The monoisotopic (exact) mass is 261 g/mol. The molecule has 1 N–H and O–H groups in total. The Balaban J connectivity index is 1.90. The molecule has 2 fully saturated rings. The van der Waals surface area contributed by atoms with Crippen LogP contribution in [0, 0.1) is 0 Å². The molecule has 0 aliphatic carbocycles. The minimum absolute atomic E-state index is 0.196. The van der Waals surface area contributed by atoms with Gasteiger partial charge in [0.15, 0.2) is 0 Å². The fourth-order valence-corrected chi connectivity index (χ4v) is 2.58. The van der Waals surface area contributed by atoms with Gasteiger partial charge < -0.3 is 10.2 Å². The standard InChI is InChI=1S/C11H11F4N3/c12-10-7-5-18(8(10)4-17-7)9-3-6(1-2-16-9)11(13,14)15/h1-3,7-8,10,17H,4-5H2/t7-,8-,10-/m1/s1. The third-order valence-corrected chi connectivity index (χ3v) is 3.50. The maximum Gasteiger partial charge on any atom is 0.416 e. The Labute approximate surface area is 101 Å². The first-order valence-corrected chi connectivity index (χ1v) is 5.64. The summed E-state index contributed by atoms with van der Waals surface area (Å²) >= 11 is 0. The average molecular weight is 261 g/mol. The lowest BCUT2D eigenvalue weighted by Gasteiger charge is -2.28. The molecule has 0 amide bonds. The molecule has 1 aromatic rings. The Morgan fingerprint density at radius 3 is 2.72 bits per heavy atom. The molecule has 2 aliphatic rings. The third-order valence-electron chi connectivity index (χ3n) is 3.50. The summed E-state index contributed by atoms with van der Waals surface area (Å²) in [5, 5.41) is 2.98. The van der Waals surface area contributed by atoms with Crippen molar-refractivity contribution < 1.29 is 17.6 Å². The van der Waals surface area contributed by atoms with Gasteiger partial charge in [0.25, 0.3) is 0 Å². The lowest BCUT2D eigenvalue weighted by Crippen LogP contribution is -2.44. The number of nitrogens with zero attached hydrogens (tertiary/aromatic N) is 2. The molecule has 2 saturated heterocycles. The van der Waals surface area contributed by atoms with E-state index in [1.54, 1.807) is 4.90 Å². The second-order valence-electron chi connectivity index (χ2n) is 4.58. The summed E-state index contributed by atoms with van der Waals surface area (Å²) in [5.41, 5.74) is -0.751. The highest BCUT2D eigenvalue weighted by atomic mass is 19.4. The lowest BCUT2D eigenvalue weighted by atomic mass is 10.2. The predicted molar refractivity (Wildman–Crippen MR) is 57.1 cm³/mol. The second kappa shape index (κ2) is 3.81. The molecule has 0 aromatic carbocycles. The summed E-state index contributed by atoms with van der Waals surface area (Å²) in [5.74, 6) is 0.196. The number of rotatable bonds is 1. The molecule has 0 unspecified atom stereocenters. The molecule has 0 spiro atoms. The number of hydrogen-bond acceptors (Lipinski definition) is 3. The fraction of sp³-hybridized carbons (Fsp3) is 0.545. The summed E-state index contributed by atoms with van der Waals surface area (Å²) in [6, 6.07) is 1.19. The Kier molecular flexibility index (Phi) is 2.48. The van der Waals surface area contributed by atoms with Crippen molar-refractivity contribution in [3.05, 3.63) is 23.9 Å². The molecule has 0 radical (unpaired) electrons. The molecule has 2 aliphatic heterocycles. The first-order chi connectivity index (χ1) is 8.47. The van der Waals surface area contributed by atoms with E-state index in [1.807, 2.05) is 0 Å². The van der Waals surface area contributed by atoms with E-state index in [0.29, 0.717) is 13.1 Å². The van der Waals surface area contributed by atoms with Gasteiger partial charge in [0.05, 0.1) is 17.6 Å². The van der Waals surface area contributed by atoms with E-state index in [2.05, 4.69) is 10.3 Å². The zero-order chi connectivity index (χ0) is 12.9. The first-order valence-electron chi connectivity index (χ1n) is 5.64. The van der Waals surface area contributed by atoms with Crippen LogP contribution < -0.4 is 10.2 Å². The maximum atomic E-state index is 13.7. The largest absolute Gasteiger partial charge is 0.416 e. The molecule has 2 bridgehead atoms. The Bertz CT molecular complexity index is 462. The highest BCUT2D eigenvalue weighted by Gasteiger charge is 2.48. The van der Waals surface area contributed by atoms with Gasteiger partial charge in [0.1, 0.15) is 12.0 Å². The van der Waals surface area contributed by atoms with Gasteiger partial charge in [-0.05, 0) is 12.1 Å². The number of nitrogens with one attached hydrogen (secondary N) is 1. The molecule has 3 rings (SSSR count). The van der Waals surface area contributed by atoms with Crippen LogP contribution in [0.3, 0.4) is 0 Å². The van der Waals surface area contributed by atoms with Crippen LogP contribution in [0.1, 0.15) is 5.56 Å².